The first-order chi connectivity index (χ1) is 7.70. The molecule has 0 aromatic heterocycles. The lowest BCUT2D eigenvalue weighted by Crippen LogP contribution is -2.10. The van der Waals surface area contributed by atoms with Crippen LogP contribution in [0, 0.1) is 5.92 Å². The average molecular weight is 227 g/mol. The molecule has 2 N–H and O–H groups in total. The summed E-state index contributed by atoms with van der Waals surface area (Å²) < 4.78 is 0. The molecule has 0 aliphatic carbocycles. The van der Waals surface area contributed by atoms with Crippen molar-refractivity contribution in [2.75, 3.05) is 0 Å². The van der Waals surface area contributed by atoms with E-state index in [0.717, 1.165) is 12.3 Å². The van der Waals surface area contributed by atoms with E-state index in [4.69, 9.17) is 5.73 Å². The van der Waals surface area contributed by atoms with Crippen molar-refractivity contribution in [2.24, 2.45) is 11.7 Å². The van der Waals surface area contributed by atoms with Crippen molar-refractivity contribution in [1.29, 1.82) is 0 Å². The predicted octanol–water partition coefficient (Wildman–Crippen LogP) is 4.03. The van der Waals surface area contributed by atoms with Crippen LogP contribution in [-0.2, 0) is 4.79 Å². The number of hydrogen-bond acceptors (Lipinski definition) is 1. The summed E-state index contributed by atoms with van der Waals surface area (Å²) in [4.78, 5) is 10.6. The van der Waals surface area contributed by atoms with Gasteiger partial charge in [0, 0.05) is 6.42 Å². The normalized spacial score (nSPS) is 12.6. The summed E-state index contributed by atoms with van der Waals surface area (Å²) in [6.45, 7) is 4.50. The third-order valence-corrected chi connectivity index (χ3v) is 3.33. The highest BCUT2D eigenvalue weighted by molar-refractivity contribution is 5.73. The molecule has 0 bridgehead atoms. The van der Waals surface area contributed by atoms with Crippen LogP contribution in [0.1, 0.15) is 78.1 Å². The molecule has 0 heterocycles. The molecular formula is C14H29NO. The van der Waals surface area contributed by atoms with Crippen LogP contribution in [0.2, 0.25) is 0 Å². The Kier molecular flexibility index (Phi) is 10.6. The third kappa shape index (κ3) is 10.0. The molecule has 0 fully saturated rings. The Morgan fingerprint density at radius 3 is 2.19 bits per heavy atom. The van der Waals surface area contributed by atoms with Crippen molar-refractivity contribution >= 4 is 5.91 Å². The van der Waals surface area contributed by atoms with Crippen molar-refractivity contribution in [3.8, 4) is 0 Å². The number of hydrogen-bond donors (Lipinski definition) is 1. The second-order valence-electron chi connectivity index (χ2n) is 4.84. The topological polar surface area (TPSA) is 43.1 Å². The molecule has 2 nitrogen and oxygen atoms in total. The molecule has 96 valence electrons. The van der Waals surface area contributed by atoms with Gasteiger partial charge >= 0.3 is 0 Å². The highest BCUT2D eigenvalue weighted by Crippen LogP contribution is 2.20. The van der Waals surface area contributed by atoms with Gasteiger partial charge in [-0.15, -0.1) is 0 Å². The number of amides is 1. The van der Waals surface area contributed by atoms with Gasteiger partial charge < -0.3 is 5.73 Å². The Hall–Kier alpha value is -0.530. The Balaban J connectivity index is 3.40. The molecule has 0 saturated heterocycles. The van der Waals surface area contributed by atoms with Gasteiger partial charge in [-0.25, -0.2) is 0 Å². The van der Waals surface area contributed by atoms with Gasteiger partial charge in [0.25, 0.3) is 0 Å². The lowest BCUT2D eigenvalue weighted by atomic mass is 9.93. The van der Waals surface area contributed by atoms with Crippen molar-refractivity contribution in [3.05, 3.63) is 0 Å². The van der Waals surface area contributed by atoms with Crippen LogP contribution in [0.5, 0.6) is 0 Å². The first kappa shape index (κ1) is 15.5. The van der Waals surface area contributed by atoms with Gasteiger partial charge in [-0.3, -0.25) is 4.79 Å². The third-order valence-electron chi connectivity index (χ3n) is 3.33. The molecule has 0 saturated carbocycles. The monoisotopic (exact) mass is 227 g/mol. The Morgan fingerprint density at radius 1 is 1.00 bits per heavy atom. The minimum absolute atomic E-state index is 0.155. The maximum absolute atomic E-state index is 10.6. The molecule has 0 rings (SSSR count). The smallest absolute Gasteiger partial charge is 0.217 e. The van der Waals surface area contributed by atoms with E-state index >= 15 is 0 Å². The summed E-state index contributed by atoms with van der Waals surface area (Å²) in [7, 11) is 0. The summed E-state index contributed by atoms with van der Waals surface area (Å²) in [6, 6.07) is 0. The molecule has 1 atom stereocenters. The van der Waals surface area contributed by atoms with E-state index < -0.39 is 0 Å². The molecule has 16 heavy (non-hydrogen) atoms. The summed E-state index contributed by atoms with van der Waals surface area (Å²) in [5.41, 5.74) is 5.14. The van der Waals surface area contributed by atoms with Crippen LogP contribution in [0.15, 0.2) is 0 Å². The van der Waals surface area contributed by atoms with E-state index in [1.807, 2.05) is 0 Å². The van der Waals surface area contributed by atoms with Gasteiger partial charge in [-0.05, 0) is 18.8 Å². The van der Waals surface area contributed by atoms with Gasteiger partial charge in [0.15, 0.2) is 0 Å². The zero-order valence-corrected chi connectivity index (χ0v) is 11.1. The van der Waals surface area contributed by atoms with E-state index in [1.165, 1.54) is 51.4 Å². The number of carbonyl (C=O) groups is 1. The zero-order valence-electron chi connectivity index (χ0n) is 11.1. The highest BCUT2D eigenvalue weighted by Gasteiger charge is 2.06. The summed E-state index contributed by atoms with van der Waals surface area (Å²) in [5, 5.41) is 0. The molecule has 0 aromatic carbocycles. The molecule has 0 radical (unpaired) electrons. The highest BCUT2D eigenvalue weighted by atomic mass is 16.1. The van der Waals surface area contributed by atoms with Gasteiger partial charge in [-0.1, -0.05) is 58.8 Å². The molecule has 1 unspecified atom stereocenters. The van der Waals surface area contributed by atoms with Crippen molar-refractivity contribution in [3.63, 3.8) is 0 Å². The first-order valence-corrected chi connectivity index (χ1v) is 6.99. The number of nitrogens with two attached hydrogens (primary N) is 1. The molecule has 0 aliphatic heterocycles. The number of unbranched alkanes of at least 4 members (excludes halogenated alkanes) is 4. The van der Waals surface area contributed by atoms with E-state index in [2.05, 4.69) is 13.8 Å². The van der Waals surface area contributed by atoms with E-state index in [0.29, 0.717) is 6.42 Å². The van der Waals surface area contributed by atoms with E-state index in [1.54, 1.807) is 0 Å². The fourth-order valence-corrected chi connectivity index (χ4v) is 2.15. The van der Waals surface area contributed by atoms with E-state index in [-0.39, 0.29) is 5.91 Å². The first-order valence-electron chi connectivity index (χ1n) is 6.99. The average Bonchev–Trinajstić information content (AvgIpc) is 2.26. The quantitative estimate of drug-likeness (QED) is 0.532. The fourth-order valence-electron chi connectivity index (χ4n) is 2.15. The SMILES string of the molecule is CCCCCCCC(CC)CCCC(N)=O. The van der Waals surface area contributed by atoms with Crippen molar-refractivity contribution in [2.45, 2.75) is 78.1 Å². The molecule has 0 aliphatic rings. The number of carbonyl (C=O) groups excluding carboxylic acids is 1. The largest absolute Gasteiger partial charge is 0.370 e. The Bertz CT molecular complexity index is 168. The van der Waals surface area contributed by atoms with Gasteiger partial charge in [0.05, 0.1) is 0 Å². The summed E-state index contributed by atoms with van der Waals surface area (Å²) >= 11 is 0. The van der Waals surface area contributed by atoms with E-state index in [9.17, 15) is 4.79 Å². The second-order valence-corrected chi connectivity index (χ2v) is 4.84. The van der Waals surface area contributed by atoms with Crippen LogP contribution in [0.25, 0.3) is 0 Å². The Labute approximate surface area is 101 Å². The van der Waals surface area contributed by atoms with Crippen molar-refractivity contribution in [1.82, 2.24) is 0 Å². The van der Waals surface area contributed by atoms with Crippen LogP contribution in [0.3, 0.4) is 0 Å². The van der Waals surface area contributed by atoms with Crippen molar-refractivity contribution < 1.29 is 4.79 Å². The fraction of sp³-hybridized carbons (Fsp3) is 0.929. The predicted molar refractivity (Wildman–Crippen MR) is 70.2 cm³/mol. The van der Waals surface area contributed by atoms with Crippen LogP contribution >= 0.6 is 0 Å². The second kappa shape index (κ2) is 11.0. The zero-order chi connectivity index (χ0) is 12.2. The summed E-state index contributed by atoms with van der Waals surface area (Å²) in [5.74, 6) is 0.652. The minimum Gasteiger partial charge on any atom is -0.370 e. The van der Waals surface area contributed by atoms with Crippen LogP contribution in [-0.4, -0.2) is 5.91 Å². The van der Waals surface area contributed by atoms with Gasteiger partial charge in [-0.2, -0.15) is 0 Å². The number of rotatable bonds is 11. The lowest BCUT2D eigenvalue weighted by Gasteiger charge is -2.13. The summed E-state index contributed by atoms with van der Waals surface area (Å²) in [6.07, 6.45) is 12.1. The molecule has 1 amide bonds. The maximum Gasteiger partial charge on any atom is 0.217 e. The minimum atomic E-state index is -0.155. The Morgan fingerprint density at radius 2 is 1.62 bits per heavy atom. The molecule has 0 aromatic rings. The van der Waals surface area contributed by atoms with Crippen LogP contribution in [0.4, 0.5) is 0 Å². The standard InChI is InChI=1S/C14H29NO/c1-3-5-6-7-8-10-13(4-2)11-9-12-14(15)16/h13H,3-12H2,1-2H3,(H2,15,16). The maximum atomic E-state index is 10.6. The van der Waals surface area contributed by atoms with Crippen LogP contribution < -0.4 is 5.73 Å². The lowest BCUT2D eigenvalue weighted by molar-refractivity contribution is -0.118. The molecule has 0 spiro atoms. The molecule has 2 heteroatoms. The van der Waals surface area contributed by atoms with Gasteiger partial charge in [0.2, 0.25) is 5.91 Å². The van der Waals surface area contributed by atoms with Gasteiger partial charge in [0.1, 0.15) is 0 Å². The number of primary amides is 1. The molecular weight excluding hydrogens is 198 g/mol.